The number of hydrogen-bond acceptors (Lipinski definition) is 2. The summed E-state index contributed by atoms with van der Waals surface area (Å²) in [6.45, 7) is 4.75. The lowest BCUT2D eigenvalue weighted by molar-refractivity contribution is 0.219. The van der Waals surface area contributed by atoms with Crippen LogP contribution in [0.3, 0.4) is 0 Å². The van der Waals surface area contributed by atoms with Gasteiger partial charge in [-0.3, -0.25) is 4.90 Å². The summed E-state index contributed by atoms with van der Waals surface area (Å²) in [4.78, 5) is 2.56. The first-order chi connectivity index (χ1) is 8.57. The molecule has 2 nitrogen and oxygen atoms in total. The first-order valence-electron chi connectivity index (χ1n) is 7.09. The van der Waals surface area contributed by atoms with Crippen molar-refractivity contribution in [1.82, 2.24) is 4.90 Å². The topological polar surface area (TPSA) is 23.5 Å². The molecule has 2 bridgehead atoms. The van der Waals surface area contributed by atoms with Crippen molar-refractivity contribution in [3.63, 3.8) is 0 Å². The minimum atomic E-state index is 0.233. The molecule has 98 valence electrons. The Labute approximate surface area is 110 Å². The predicted molar refractivity (Wildman–Crippen MR) is 73.8 cm³/mol. The highest BCUT2D eigenvalue weighted by Crippen LogP contribution is 2.54. The molecule has 1 heterocycles. The van der Waals surface area contributed by atoms with Gasteiger partial charge in [0.05, 0.1) is 0 Å². The number of phenolic OH excluding ortho intramolecular Hbond substituents is 1. The van der Waals surface area contributed by atoms with Gasteiger partial charge in [-0.1, -0.05) is 25.5 Å². The lowest BCUT2D eigenvalue weighted by Gasteiger charge is -2.41. The molecular formula is C16H23NO. The highest BCUT2D eigenvalue weighted by molar-refractivity contribution is 5.38. The zero-order chi connectivity index (χ0) is 12.9. The predicted octanol–water partition coefficient (Wildman–Crippen LogP) is 3.15. The molecule has 0 radical (unpaired) electrons. The second-order valence-corrected chi connectivity index (χ2v) is 6.18. The van der Waals surface area contributed by atoms with E-state index in [9.17, 15) is 5.11 Å². The summed E-state index contributed by atoms with van der Waals surface area (Å²) in [5.74, 6) is 1.08. The molecule has 1 aliphatic heterocycles. The van der Waals surface area contributed by atoms with Crippen molar-refractivity contribution in [2.45, 2.75) is 50.6 Å². The molecule has 1 N–H and O–H groups in total. The molecule has 1 saturated heterocycles. The van der Waals surface area contributed by atoms with Crippen LogP contribution in [0.25, 0.3) is 0 Å². The average molecular weight is 245 g/mol. The maximum Gasteiger partial charge on any atom is 0.115 e. The van der Waals surface area contributed by atoms with Crippen molar-refractivity contribution in [3.05, 3.63) is 29.8 Å². The van der Waals surface area contributed by atoms with Crippen LogP contribution in [0.5, 0.6) is 5.75 Å². The maximum atomic E-state index is 9.79. The number of likely N-dealkylation sites (N-methyl/N-ethyl adjacent to an activating group) is 1. The van der Waals surface area contributed by atoms with E-state index in [1.807, 2.05) is 12.1 Å². The first-order valence-corrected chi connectivity index (χ1v) is 7.09. The van der Waals surface area contributed by atoms with Crippen molar-refractivity contribution < 1.29 is 5.11 Å². The van der Waals surface area contributed by atoms with E-state index in [0.717, 1.165) is 0 Å². The molecule has 2 fully saturated rings. The fourth-order valence-electron chi connectivity index (χ4n) is 4.66. The summed E-state index contributed by atoms with van der Waals surface area (Å²) in [6, 6.07) is 9.20. The Kier molecular flexibility index (Phi) is 2.67. The standard InChI is InChI=1S/C16H23NO/c1-11-15-8-5-9-16(11,12(2)17(15)3)13-6-4-7-14(18)10-13/h4,6-7,10-12,15,18H,5,8-9H2,1-3H3. The summed E-state index contributed by atoms with van der Waals surface area (Å²) in [6.07, 6.45) is 3.88. The third kappa shape index (κ3) is 1.38. The summed E-state index contributed by atoms with van der Waals surface area (Å²) in [7, 11) is 2.27. The van der Waals surface area contributed by atoms with Crippen molar-refractivity contribution in [3.8, 4) is 5.75 Å². The molecule has 1 aliphatic carbocycles. The van der Waals surface area contributed by atoms with Crippen LogP contribution in [0.1, 0.15) is 38.7 Å². The van der Waals surface area contributed by atoms with Crippen LogP contribution >= 0.6 is 0 Å². The van der Waals surface area contributed by atoms with E-state index in [1.165, 1.54) is 24.8 Å². The smallest absolute Gasteiger partial charge is 0.115 e. The first kappa shape index (κ1) is 12.0. The van der Waals surface area contributed by atoms with E-state index in [0.29, 0.717) is 23.8 Å². The van der Waals surface area contributed by atoms with Gasteiger partial charge in [0.2, 0.25) is 0 Å². The lowest BCUT2D eigenvalue weighted by atomic mass is 9.62. The quantitative estimate of drug-likeness (QED) is 0.821. The molecule has 0 spiro atoms. The monoisotopic (exact) mass is 245 g/mol. The number of phenols is 1. The zero-order valence-corrected chi connectivity index (χ0v) is 11.6. The Bertz CT molecular complexity index is 452. The van der Waals surface area contributed by atoms with Crippen molar-refractivity contribution in [1.29, 1.82) is 0 Å². The summed E-state index contributed by atoms with van der Waals surface area (Å²) in [5, 5.41) is 9.79. The Morgan fingerprint density at radius 2 is 2.11 bits per heavy atom. The molecule has 4 unspecified atom stereocenters. The number of benzene rings is 1. The summed E-state index contributed by atoms with van der Waals surface area (Å²) < 4.78 is 0. The number of hydrogen-bond donors (Lipinski definition) is 1. The Morgan fingerprint density at radius 1 is 1.33 bits per heavy atom. The van der Waals surface area contributed by atoms with Gasteiger partial charge in [-0.05, 0) is 50.4 Å². The molecule has 0 aromatic heterocycles. The van der Waals surface area contributed by atoms with E-state index in [1.54, 1.807) is 6.07 Å². The lowest BCUT2D eigenvalue weighted by Crippen LogP contribution is -2.42. The minimum Gasteiger partial charge on any atom is -0.508 e. The SMILES string of the molecule is CC1C2CCCC1(c1cccc(O)c1)C(C)N2C. The normalized spacial score (nSPS) is 40.1. The second kappa shape index (κ2) is 3.99. The summed E-state index contributed by atoms with van der Waals surface area (Å²) >= 11 is 0. The van der Waals surface area contributed by atoms with Crippen molar-refractivity contribution in [2.24, 2.45) is 5.92 Å². The van der Waals surface area contributed by atoms with E-state index in [4.69, 9.17) is 0 Å². The van der Waals surface area contributed by atoms with Crippen LogP contribution < -0.4 is 0 Å². The molecule has 2 heteroatoms. The van der Waals surface area contributed by atoms with Crippen LogP contribution in [0.4, 0.5) is 0 Å². The van der Waals surface area contributed by atoms with Gasteiger partial charge < -0.3 is 5.11 Å². The second-order valence-electron chi connectivity index (χ2n) is 6.18. The van der Waals surface area contributed by atoms with Gasteiger partial charge in [0.1, 0.15) is 5.75 Å². The average Bonchev–Trinajstić information content (AvgIpc) is 2.49. The Balaban J connectivity index is 2.12. The van der Waals surface area contributed by atoms with Crippen molar-refractivity contribution in [2.75, 3.05) is 7.05 Å². The molecule has 3 rings (SSSR count). The molecule has 1 saturated carbocycles. The Morgan fingerprint density at radius 3 is 2.83 bits per heavy atom. The number of nitrogens with zero attached hydrogens (tertiary/aromatic N) is 1. The third-order valence-corrected chi connectivity index (χ3v) is 5.74. The van der Waals surface area contributed by atoms with Gasteiger partial charge in [0.15, 0.2) is 0 Å². The van der Waals surface area contributed by atoms with Crippen LogP contribution in [-0.4, -0.2) is 29.1 Å². The van der Waals surface area contributed by atoms with E-state index in [2.05, 4.69) is 31.9 Å². The van der Waals surface area contributed by atoms with Crippen LogP contribution in [-0.2, 0) is 5.41 Å². The van der Waals surface area contributed by atoms with Gasteiger partial charge in [-0.25, -0.2) is 0 Å². The van der Waals surface area contributed by atoms with Gasteiger partial charge in [-0.15, -0.1) is 0 Å². The van der Waals surface area contributed by atoms with Crippen LogP contribution in [0.15, 0.2) is 24.3 Å². The van der Waals surface area contributed by atoms with Gasteiger partial charge >= 0.3 is 0 Å². The number of aromatic hydroxyl groups is 1. The molecule has 18 heavy (non-hydrogen) atoms. The van der Waals surface area contributed by atoms with Gasteiger partial charge in [-0.2, -0.15) is 0 Å². The van der Waals surface area contributed by atoms with Crippen LogP contribution in [0, 0.1) is 5.92 Å². The zero-order valence-electron chi connectivity index (χ0n) is 11.6. The number of likely N-dealkylation sites (tertiary alicyclic amines) is 1. The molecule has 1 aromatic carbocycles. The fraction of sp³-hybridized carbons (Fsp3) is 0.625. The van der Waals surface area contributed by atoms with Crippen molar-refractivity contribution >= 4 is 0 Å². The highest BCUT2D eigenvalue weighted by Gasteiger charge is 2.56. The summed E-state index contributed by atoms with van der Waals surface area (Å²) in [5.41, 5.74) is 1.56. The maximum absolute atomic E-state index is 9.79. The van der Waals surface area contributed by atoms with Gasteiger partial charge in [0, 0.05) is 17.5 Å². The Hall–Kier alpha value is -1.02. The van der Waals surface area contributed by atoms with Crippen LogP contribution in [0.2, 0.25) is 0 Å². The molecule has 4 atom stereocenters. The van der Waals surface area contributed by atoms with Gasteiger partial charge in [0.25, 0.3) is 0 Å². The minimum absolute atomic E-state index is 0.233. The third-order valence-electron chi connectivity index (χ3n) is 5.74. The van der Waals surface area contributed by atoms with E-state index >= 15 is 0 Å². The van der Waals surface area contributed by atoms with E-state index < -0.39 is 0 Å². The number of rotatable bonds is 1. The highest BCUT2D eigenvalue weighted by atomic mass is 16.3. The molecule has 0 amide bonds. The molecule has 1 aromatic rings. The largest absolute Gasteiger partial charge is 0.508 e. The number of fused-ring (bicyclic) bond motifs is 2. The van der Waals surface area contributed by atoms with E-state index in [-0.39, 0.29) is 5.41 Å². The molecule has 2 aliphatic rings. The molecular weight excluding hydrogens is 222 g/mol. The fourth-order valence-corrected chi connectivity index (χ4v) is 4.66.